The molecule has 5 heteroatoms. The van der Waals surface area contributed by atoms with Gasteiger partial charge in [-0.1, -0.05) is 30.3 Å². The van der Waals surface area contributed by atoms with Crippen molar-refractivity contribution >= 4 is 17.8 Å². The molecule has 86 valence electrons. The van der Waals surface area contributed by atoms with Gasteiger partial charge in [-0.3, -0.25) is 14.5 Å². The Morgan fingerprint density at radius 3 is 2.65 bits per heavy atom. The van der Waals surface area contributed by atoms with E-state index in [0.29, 0.717) is 19.0 Å². The van der Waals surface area contributed by atoms with E-state index in [4.69, 9.17) is 0 Å². The first-order valence-corrected chi connectivity index (χ1v) is 5.49. The first kappa shape index (κ1) is 10.0. The minimum atomic E-state index is -0.655. The van der Waals surface area contributed by atoms with Crippen LogP contribution in [-0.4, -0.2) is 40.7 Å². The van der Waals surface area contributed by atoms with Crippen LogP contribution in [0.4, 0.5) is 0 Å². The molecule has 0 aromatic heterocycles. The molecule has 0 N–H and O–H groups in total. The summed E-state index contributed by atoms with van der Waals surface area (Å²) in [4.78, 5) is 29.8. The fraction of sp³-hybridized carbons (Fsp3) is 0.250. The van der Waals surface area contributed by atoms with Crippen LogP contribution in [0.2, 0.25) is 0 Å². The van der Waals surface area contributed by atoms with E-state index in [1.54, 1.807) is 0 Å². The average molecular weight is 229 g/mol. The van der Waals surface area contributed by atoms with Gasteiger partial charge in [-0.05, 0) is 5.56 Å². The molecule has 0 bridgehead atoms. The van der Waals surface area contributed by atoms with E-state index in [1.807, 2.05) is 35.2 Å². The maximum atomic E-state index is 11.4. The van der Waals surface area contributed by atoms with E-state index >= 15 is 0 Å². The summed E-state index contributed by atoms with van der Waals surface area (Å²) in [6.45, 7) is 1.96. The molecular formula is C12H11N3O2. The smallest absolute Gasteiger partial charge is 0.336 e. The molecule has 0 spiro atoms. The highest BCUT2D eigenvalue weighted by Crippen LogP contribution is 2.18. The van der Waals surface area contributed by atoms with Gasteiger partial charge in [0.05, 0.1) is 0 Å². The topological polar surface area (TPSA) is 53.0 Å². The predicted octanol–water partition coefficient (Wildman–Crippen LogP) is 0.227. The van der Waals surface area contributed by atoms with Crippen molar-refractivity contribution in [1.29, 1.82) is 0 Å². The van der Waals surface area contributed by atoms with Crippen LogP contribution in [-0.2, 0) is 16.1 Å². The molecule has 2 amide bonds. The summed E-state index contributed by atoms with van der Waals surface area (Å²) in [5.41, 5.74) is 1.14. The van der Waals surface area contributed by atoms with E-state index in [9.17, 15) is 9.59 Å². The van der Waals surface area contributed by atoms with Crippen molar-refractivity contribution in [3.05, 3.63) is 35.9 Å². The molecule has 5 nitrogen and oxygen atoms in total. The first-order valence-electron chi connectivity index (χ1n) is 5.49. The van der Waals surface area contributed by atoms with E-state index in [-0.39, 0.29) is 0 Å². The number of amides is 2. The summed E-state index contributed by atoms with van der Waals surface area (Å²) in [5.74, 6) is -0.655. The van der Waals surface area contributed by atoms with Gasteiger partial charge in [-0.25, -0.2) is 0 Å². The quantitative estimate of drug-likeness (QED) is 0.682. The minimum Gasteiger partial charge on any atom is -0.336 e. The fourth-order valence-corrected chi connectivity index (χ4v) is 2.12. The Kier molecular flexibility index (Phi) is 2.18. The standard InChI is InChI=1S/C12H11N3O2/c16-10-11(17)15-7-6-14(12(15)13-10)8-9-4-2-1-3-5-9/h1-5H,6-8H2. The number of guanidine groups is 1. The van der Waals surface area contributed by atoms with Crippen LogP contribution in [0.1, 0.15) is 5.56 Å². The van der Waals surface area contributed by atoms with E-state index < -0.39 is 11.8 Å². The van der Waals surface area contributed by atoms with E-state index in [2.05, 4.69) is 4.99 Å². The van der Waals surface area contributed by atoms with E-state index in [1.165, 1.54) is 4.90 Å². The Morgan fingerprint density at radius 1 is 1.12 bits per heavy atom. The van der Waals surface area contributed by atoms with Crippen molar-refractivity contribution in [1.82, 2.24) is 9.80 Å². The molecule has 2 heterocycles. The first-order chi connectivity index (χ1) is 8.25. The lowest BCUT2D eigenvalue weighted by Crippen LogP contribution is -2.33. The molecule has 1 saturated heterocycles. The number of aliphatic imine (C=N–C) groups is 1. The zero-order valence-corrected chi connectivity index (χ0v) is 9.17. The Labute approximate surface area is 98.3 Å². The van der Waals surface area contributed by atoms with Gasteiger partial charge in [0, 0.05) is 19.6 Å². The maximum Gasteiger partial charge on any atom is 0.338 e. The second-order valence-electron chi connectivity index (χ2n) is 4.08. The highest BCUT2D eigenvalue weighted by molar-refractivity contribution is 6.43. The van der Waals surface area contributed by atoms with Crippen LogP contribution in [0.25, 0.3) is 0 Å². The van der Waals surface area contributed by atoms with Gasteiger partial charge in [0.2, 0.25) is 5.96 Å². The summed E-state index contributed by atoms with van der Waals surface area (Å²) in [5, 5.41) is 0. The van der Waals surface area contributed by atoms with Crippen molar-refractivity contribution in [3.63, 3.8) is 0 Å². The lowest BCUT2D eigenvalue weighted by Gasteiger charge is -2.17. The number of nitrogens with zero attached hydrogens (tertiary/aromatic N) is 3. The Balaban J connectivity index is 1.81. The summed E-state index contributed by atoms with van der Waals surface area (Å²) >= 11 is 0. The lowest BCUT2D eigenvalue weighted by molar-refractivity contribution is -0.139. The average Bonchev–Trinajstić information content (AvgIpc) is 2.84. The summed E-state index contributed by atoms with van der Waals surface area (Å²) in [7, 11) is 0. The minimum absolute atomic E-state index is 0.504. The highest BCUT2D eigenvalue weighted by atomic mass is 16.2. The summed E-state index contributed by atoms with van der Waals surface area (Å²) < 4.78 is 0. The maximum absolute atomic E-state index is 11.4. The molecular weight excluding hydrogens is 218 g/mol. The van der Waals surface area contributed by atoms with E-state index in [0.717, 1.165) is 12.1 Å². The third-order valence-corrected chi connectivity index (χ3v) is 2.96. The van der Waals surface area contributed by atoms with Gasteiger partial charge in [0.1, 0.15) is 0 Å². The van der Waals surface area contributed by atoms with Crippen LogP contribution < -0.4 is 0 Å². The lowest BCUT2D eigenvalue weighted by atomic mass is 10.2. The predicted molar refractivity (Wildman–Crippen MR) is 61.0 cm³/mol. The molecule has 2 aliphatic heterocycles. The summed E-state index contributed by atoms with van der Waals surface area (Å²) in [6, 6.07) is 9.93. The van der Waals surface area contributed by atoms with Crippen LogP contribution in [0, 0.1) is 0 Å². The van der Waals surface area contributed by atoms with Crippen LogP contribution in [0.5, 0.6) is 0 Å². The van der Waals surface area contributed by atoms with Crippen molar-refractivity contribution in [2.75, 3.05) is 13.1 Å². The number of hydrogen-bond donors (Lipinski definition) is 0. The van der Waals surface area contributed by atoms with Crippen molar-refractivity contribution in [2.24, 2.45) is 4.99 Å². The molecule has 0 unspecified atom stereocenters. The second-order valence-corrected chi connectivity index (χ2v) is 4.08. The molecule has 0 radical (unpaired) electrons. The largest absolute Gasteiger partial charge is 0.338 e. The SMILES string of the molecule is O=C1N=C2N(Cc3ccccc3)CCN2C1=O. The van der Waals surface area contributed by atoms with Crippen molar-refractivity contribution in [3.8, 4) is 0 Å². The van der Waals surface area contributed by atoms with Gasteiger partial charge in [-0.2, -0.15) is 4.99 Å². The molecule has 1 aromatic carbocycles. The molecule has 0 atom stereocenters. The van der Waals surface area contributed by atoms with Gasteiger partial charge in [-0.15, -0.1) is 0 Å². The molecule has 0 saturated carbocycles. The van der Waals surface area contributed by atoms with Gasteiger partial charge in [0.15, 0.2) is 0 Å². The highest BCUT2D eigenvalue weighted by Gasteiger charge is 2.40. The molecule has 3 rings (SSSR count). The van der Waals surface area contributed by atoms with Gasteiger partial charge in [0.25, 0.3) is 0 Å². The van der Waals surface area contributed by atoms with Crippen LogP contribution in [0.3, 0.4) is 0 Å². The summed E-state index contributed by atoms with van der Waals surface area (Å²) in [6.07, 6.45) is 0. The number of fused-ring (bicyclic) bond motifs is 1. The van der Waals surface area contributed by atoms with Crippen LogP contribution in [0.15, 0.2) is 35.3 Å². The third-order valence-electron chi connectivity index (χ3n) is 2.96. The molecule has 1 aromatic rings. The Hall–Kier alpha value is -2.17. The van der Waals surface area contributed by atoms with Crippen molar-refractivity contribution < 1.29 is 9.59 Å². The molecule has 17 heavy (non-hydrogen) atoms. The monoisotopic (exact) mass is 229 g/mol. The number of hydrogen-bond acceptors (Lipinski definition) is 3. The second kappa shape index (κ2) is 3.69. The fourth-order valence-electron chi connectivity index (χ4n) is 2.12. The Morgan fingerprint density at radius 2 is 1.88 bits per heavy atom. The third kappa shape index (κ3) is 1.60. The zero-order chi connectivity index (χ0) is 11.8. The van der Waals surface area contributed by atoms with Gasteiger partial charge < -0.3 is 4.90 Å². The number of carbonyl (C=O) groups excluding carboxylic acids is 2. The molecule has 2 aliphatic rings. The number of rotatable bonds is 2. The number of benzene rings is 1. The van der Waals surface area contributed by atoms with Crippen LogP contribution >= 0.6 is 0 Å². The molecule has 0 aliphatic carbocycles. The number of carbonyl (C=O) groups is 2. The van der Waals surface area contributed by atoms with Gasteiger partial charge >= 0.3 is 11.8 Å². The normalized spacial score (nSPS) is 18.7. The Bertz CT molecular complexity index is 510. The zero-order valence-electron chi connectivity index (χ0n) is 9.17. The van der Waals surface area contributed by atoms with Crippen molar-refractivity contribution in [2.45, 2.75) is 6.54 Å². The molecule has 1 fully saturated rings.